The van der Waals surface area contributed by atoms with E-state index in [1.807, 2.05) is 6.92 Å². The van der Waals surface area contributed by atoms with E-state index in [0.717, 1.165) is 18.6 Å². The maximum Gasteiger partial charge on any atom is 0.320 e. The SMILES string of the molecule is Cc1conc1NC(=O)NCC1CCOC1C(C)C. The molecule has 0 aliphatic carbocycles. The van der Waals surface area contributed by atoms with Gasteiger partial charge in [-0.25, -0.2) is 4.79 Å². The summed E-state index contributed by atoms with van der Waals surface area (Å²) in [5, 5.41) is 9.23. The fourth-order valence-corrected chi connectivity index (χ4v) is 2.39. The minimum atomic E-state index is -0.258. The van der Waals surface area contributed by atoms with Crippen molar-refractivity contribution in [1.29, 1.82) is 0 Å². The van der Waals surface area contributed by atoms with E-state index in [-0.39, 0.29) is 12.1 Å². The monoisotopic (exact) mass is 267 g/mol. The van der Waals surface area contributed by atoms with Gasteiger partial charge in [-0.3, -0.25) is 5.32 Å². The van der Waals surface area contributed by atoms with Gasteiger partial charge >= 0.3 is 6.03 Å². The third-order valence-electron chi connectivity index (χ3n) is 3.42. The van der Waals surface area contributed by atoms with Crippen LogP contribution in [0.2, 0.25) is 0 Å². The molecular weight excluding hydrogens is 246 g/mol. The van der Waals surface area contributed by atoms with Gasteiger partial charge in [0.2, 0.25) is 0 Å². The molecule has 2 N–H and O–H groups in total. The Labute approximate surface area is 112 Å². The molecule has 0 saturated carbocycles. The van der Waals surface area contributed by atoms with Crippen LogP contribution in [0.4, 0.5) is 10.6 Å². The molecule has 1 aliphatic rings. The first-order valence-electron chi connectivity index (χ1n) is 6.65. The normalized spacial score (nSPS) is 22.7. The van der Waals surface area contributed by atoms with Gasteiger partial charge in [-0.15, -0.1) is 0 Å². The van der Waals surface area contributed by atoms with Gasteiger partial charge in [-0.05, 0) is 19.3 Å². The smallest absolute Gasteiger partial charge is 0.320 e. The Hall–Kier alpha value is -1.56. The molecule has 2 atom stereocenters. The van der Waals surface area contributed by atoms with Crippen LogP contribution in [0.15, 0.2) is 10.8 Å². The van der Waals surface area contributed by atoms with Crippen LogP contribution in [0.5, 0.6) is 0 Å². The zero-order valence-electron chi connectivity index (χ0n) is 11.6. The average molecular weight is 267 g/mol. The number of urea groups is 1. The molecule has 106 valence electrons. The first-order chi connectivity index (χ1) is 9.08. The van der Waals surface area contributed by atoms with Crippen molar-refractivity contribution in [3.63, 3.8) is 0 Å². The summed E-state index contributed by atoms with van der Waals surface area (Å²) < 4.78 is 10.4. The number of hydrogen-bond donors (Lipinski definition) is 2. The topological polar surface area (TPSA) is 76.4 Å². The third kappa shape index (κ3) is 3.47. The molecule has 0 bridgehead atoms. The fourth-order valence-electron chi connectivity index (χ4n) is 2.39. The van der Waals surface area contributed by atoms with Crippen LogP contribution in [0.25, 0.3) is 0 Å². The standard InChI is InChI=1S/C13H21N3O3/c1-8(2)11-10(4-5-18-11)6-14-13(17)15-12-9(3)7-19-16-12/h7-8,10-11H,4-6H2,1-3H3,(H2,14,15,16,17). The summed E-state index contributed by atoms with van der Waals surface area (Å²) in [4.78, 5) is 11.8. The molecule has 2 unspecified atom stereocenters. The van der Waals surface area contributed by atoms with Gasteiger partial charge < -0.3 is 14.6 Å². The van der Waals surface area contributed by atoms with Crippen molar-refractivity contribution < 1.29 is 14.1 Å². The summed E-state index contributed by atoms with van der Waals surface area (Å²) in [7, 11) is 0. The van der Waals surface area contributed by atoms with E-state index in [9.17, 15) is 4.79 Å². The molecule has 1 aromatic heterocycles. The van der Waals surface area contributed by atoms with Crippen LogP contribution in [0, 0.1) is 18.8 Å². The summed E-state index contributed by atoms with van der Waals surface area (Å²) in [6.07, 6.45) is 2.72. The lowest BCUT2D eigenvalue weighted by molar-refractivity contribution is 0.0546. The second-order valence-corrected chi connectivity index (χ2v) is 5.31. The molecule has 0 radical (unpaired) electrons. The van der Waals surface area contributed by atoms with Crippen molar-refractivity contribution in [3.8, 4) is 0 Å². The predicted molar refractivity (Wildman–Crippen MR) is 70.9 cm³/mol. The maximum atomic E-state index is 11.8. The minimum Gasteiger partial charge on any atom is -0.378 e. The number of anilines is 1. The minimum absolute atomic E-state index is 0.231. The van der Waals surface area contributed by atoms with Gasteiger partial charge in [-0.2, -0.15) is 0 Å². The van der Waals surface area contributed by atoms with Crippen LogP contribution in [0.3, 0.4) is 0 Å². The Kier molecular flexibility index (Phi) is 4.42. The number of nitrogens with one attached hydrogen (secondary N) is 2. The van der Waals surface area contributed by atoms with E-state index in [0.29, 0.717) is 24.2 Å². The largest absolute Gasteiger partial charge is 0.378 e. The molecule has 2 rings (SSSR count). The van der Waals surface area contributed by atoms with Crippen LogP contribution in [-0.2, 0) is 4.74 Å². The Balaban J connectivity index is 1.79. The molecule has 1 fully saturated rings. The molecule has 1 saturated heterocycles. The van der Waals surface area contributed by atoms with Gasteiger partial charge in [0.05, 0.1) is 6.10 Å². The fraction of sp³-hybridized carbons (Fsp3) is 0.692. The van der Waals surface area contributed by atoms with E-state index in [4.69, 9.17) is 9.26 Å². The van der Waals surface area contributed by atoms with E-state index < -0.39 is 0 Å². The molecule has 0 aromatic carbocycles. The Morgan fingerprint density at radius 2 is 2.37 bits per heavy atom. The number of aryl methyl sites for hydroxylation is 1. The van der Waals surface area contributed by atoms with E-state index in [1.54, 1.807) is 0 Å². The lowest BCUT2D eigenvalue weighted by Crippen LogP contribution is -2.37. The highest BCUT2D eigenvalue weighted by Crippen LogP contribution is 2.26. The van der Waals surface area contributed by atoms with Gasteiger partial charge in [0.25, 0.3) is 0 Å². The maximum absolute atomic E-state index is 11.8. The average Bonchev–Trinajstić information content (AvgIpc) is 2.96. The molecule has 1 aromatic rings. The summed E-state index contributed by atoms with van der Waals surface area (Å²) in [6, 6.07) is -0.258. The first kappa shape index (κ1) is 13.9. The summed E-state index contributed by atoms with van der Waals surface area (Å²) in [5.41, 5.74) is 0.805. The molecule has 2 heterocycles. The Morgan fingerprint density at radius 1 is 1.58 bits per heavy atom. The lowest BCUT2D eigenvalue weighted by atomic mass is 9.93. The number of amides is 2. The van der Waals surface area contributed by atoms with Gasteiger partial charge in [0, 0.05) is 24.6 Å². The summed E-state index contributed by atoms with van der Waals surface area (Å²) >= 11 is 0. The second kappa shape index (κ2) is 6.06. The van der Waals surface area contributed by atoms with Crippen LogP contribution in [0.1, 0.15) is 25.8 Å². The third-order valence-corrected chi connectivity index (χ3v) is 3.42. The van der Waals surface area contributed by atoms with Crippen molar-refractivity contribution in [2.45, 2.75) is 33.3 Å². The number of aromatic nitrogens is 1. The number of nitrogens with zero attached hydrogens (tertiary/aromatic N) is 1. The van der Waals surface area contributed by atoms with Crippen molar-refractivity contribution in [2.75, 3.05) is 18.5 Å². The number of hydrogen-bond acceptors (Lipinski definition) is 4. The van der Waals surface area contributed by atoms with Crippen molar-refractivity contribution in [2.24, 2.45) is 11.8 Å². The van der Waals surface area contributed by atoms with Crippen molar-refractivity contribution in [1.82, 2.24) is 10.5 Å². The number of ether oxygens (including phenoxy) is 1. The summed E-state index contributed by atoms with van der Waals surface area (Å²) in [6.45, 7) is 7.50. The quantitative estimate of drug-likeness (QED) is 0.876. The number of carbonyl (C=O) groups excluding carboxylic acids is 1. The first-order valence-corrected chi connectivity index (χ1v) is 6.65. The highest BCUT2D eigenvalue weighted by atomic mass is 16.5. The highest BCUT2D eigenvalue weighted by molar-refractivity contribution is 5.88. The Bertz CT molecular complexity index is 431. The summed E-state index contributed by atoms with van der Waals surface area (Å²) in [5.74, 6) is 1.31. The lowest BCUT2D eigenvalue weighted by Gasteiger charge is -2.22. The molecular formula is C13H21N3O3. The molecule has 2 amide bonds. The van der Waals surface area contributed by atoms with E-state index in [1.165, 1.54) is 6.26 Å². The van der Waals surface area contributed by atoms with Crippen molar-refractivity contribution >= 4 is 11.8 Å². The molecule has 1 aliphatic heterocycles. The van der Waals surface area contributed by atoms with Crippen molar-refractivity contribution in [3.05, 3.63) is 11.8 Å². The number of rotatable bonds is 4. The zero-order chi connectivity index (χ0) is 13.8. The van der Waals surface area contributed by atoms with Crippen LogP contribution >= 0.6 is 0 Å². The van der Waals surface area contributed by atoms with Gasteiger partial charge in [0.15, 0.2) is 5.82 Å². The molecule has 0 spiro atoms. The second-order valence-electron chi connectivity index (χ2n) is 5.31. The number of carbonyl (C=O) groups is 1. The Morgan fingerprint density at radius 3 is 3.00 bits per heavy atom. The van der Waals surface area contributed by atoms with E-state index >= 15 is 0 Å². The molecule has 6 nitrogen and oxygen atoms in total. The van der Waals surface area contributed by atoms with Gasteiger partial charge in [0.1, 0.15) is 6.26 Å². The molecule has 19 heavy (non-hydrogen) atoms. The molecule has 6 heteroatoms. The van der Waals surface area contributed by atoms with Gasteiger partial charge in [-0.1, -0.05) is 19.0 Å². The van der Waals surface area contributed by atoms with E-state index in [2.05, 4.69) is 29.6 Å². The predicted octanol–water partition coefficient (Wildman–Crippen LogP) is 2.17. The van der Waals surface area contributed by atoms with Crippen LogP contribution < -0.4 is 10.6 Å². The van der Waals surface area contributed by atoms with Crippen LogP contribution in [-0.4, -0.2) is 30.4 Å². The highest BCUT2D eigenvalue weighted by Gasteiger charge is 2.30. The zero-order valence-corrected chi connectivity index (χ0v) is 11.6.